The predicted octanol–water partition coefficient (Wildman–Crippen LogP) is -1.42. The third-order valence-corrected chi connectivity index (χ3v) is 3.35. The lowest BCUT2D eigenvalue weighted by atomic mass is 9.95. The fourth-order valence-corrected chi connectivity index (χ4v) is 1.83. The topological polar surface area (TPSA) is 87.7 Å². The van der Waals surface area contributed by atoms with E-state index in [9.17, 15) is 13.5 Å². The minimum atomic E-state index is -3.46. The summed E-state index contributed by atoms with van der Waals surface area (Å²) >= 11 is 0. The zero-order valence-electron chi connectivity index (χ0n) is 8.12. The van der Waals surface area contributed by atoms with Crippen LogP contribution in [0.3, 0.4) is 0 Å². The van der Waals surface area contributed by atoms with Gasteiger partial charge in [0, 0.05) is 39.6 Å². The van der Waals surface area contributed by atoms with E-state index in [0.717, 1.165) is 0 Å². The van der Waals surface area contributed by atoms with E-state index in [2.05, 4.69) is 9.44 Å². The van der Waals surface area contributed by atoms with Crippen molar-refractivity contribution in [2.45, 2.75) is 18.4 Å². The van der Waals surface area contributed by atoms with E-state index >= 15 is 0 Å². The third kappa shape index (κ3) is 3.50. The molecule has 0 radical (unpaired) electrons. The molecular weight excluding hydrogens is 208 g/mol. The van der Waals surface area contributed by atoms with Crippen molar-refractivity contribution in [3.63, 3.8) is 0 Å². The van der Waals surface area contributed by atoms with Gasteiger partial charge in [0.15, 0.2) is 0 Å². The van der Waals surface area contributed by atoms with Gasteiger partial charge in [-0.2, -0.15) is 13.1 Å². The summed E-state index contributed by atoms with van der Waals surface area (Å²) in [6.07, 6.45) is 0.915. The minimum Gasteiger partial charge on any atom is -0.388 e. The van der Waals surface area contributed by atoms with Crippen LogP contribution in [-0.4, -0.2) is 45.9 Å². The molecule has 0 spiro atoms. The summed E-state index contributed by atoms with van der Waals surface area (Å²) in [6, 6.07) is 0. The SMILES string of the molecule is CNS(=O)(=O)NCC1(O)CCOCC1. The first kappa shape index (κ1) is 11.9. The smallest absolute Gasteiger partial charge is 0.276 e. The summed E-state index contributed by atoms with van der Waals surface area (Å²) in [6.45, 7) is 0.967. The number of ether oxygens (including phenoxy) is 1. The molecule has 84 valence electrons. The fraction of sp³-hybridized carbons (Fsp3) is 1.00. The van der Waals surface area contributed by atoms with Crippen molar-refractivity contribution in [1.29, 1.82) is 0 Å². The van der Waals surface area contributed by atoms with Crippen LogP contribution in [0.1, 0.15) is 12.8 Å². The van der Waals surface area contributed by atoms with Crippen molar-refractivity contribution in [3.05, 3.63) is 0 Å². The van der Waals surface area contributed by atoms with Gasteiger partial charge >= 0.3 is 0 Å². The second-order valence-corrected chi connectivity index (χ2v) is 5.07. The Labute approximate surface area is 83.8 Å². The molecule has 1 heterocycles. The summed E-state index contributed by atoms with van der Waals surface area (Å²) in [5.41, 5.74) is -0.970. The summed E-state index contributed by atoms with van der Waals surface area (Å²) in [7, 11) is -2.14. The minimum absolute atomic E-state index is 0.0273. The molecule has 0 aromatic rings. The van der Waals surface area contributed by atoms with Gasteiger partial charge in [0.2, 0.25) is 0 Å². The maximum absolute atomic E-state index is 11.0. The van der Waals surface area contributed by atoms with Crippen molar-refractivity contribution < 1.29 is 18.3 Å². The summed E-state index contributed by atoms with van der Waals surface area (Å²) in [5.74, 6) is 0. The number of aliphatic hydroxyl groups is 1. The Bertz CT molecular complexity index is 271. The van der Waals surface area contributed by atoms with Crippen LogP contribution in [-0.2, 0) is 14.9 Å². The van der Waals surface area contributed by atoms with E-state index in [1.165, 1.54) is 7.05 Å². The van der Waals surface area contributed by atoms with Crippen molar-refractivity contribution in [2.75, 3.05) is 26.8 Å². The van der Waals surface area contributed by atoms with Gasteiger partial charge in [0.25, 0.3) is 10.2 Å². The first-order valence-electron chi connectivity index (χ1n) is 4.46. The lowest BCUT2D eigenvalue weighted by Crippen LogP contribution is -2.48. The maximum atomic E-state index is 11.0. The summed E-state index contributed by atoms with van der Waals surface area (Å²) in [5, 5.41) is 9.90. The highest BCUT2D eigenvalue weighted by atomic mass is 32.2. The Hall–Kier alpha value is -0.210. The molecule has 0 amide bonds. The molecule has 7 heteroatoms. The number of nitrogens with one attached hydrogen (secondary N) is 2. The number of hydrogen-bond donors (Lipinski definition) is 3. The molecule has 1 rings (SSSR count). The third-order valence-electron chi connectivity index (χ3n) is 2.28. The van der Waals surface area contributed by atoms with Crippen LogP contribution in [0.5, 0.6) is 0 Å². The highest BCUT2D eigenvalue weighted by molar-refractivity contribution is 7.87. The molecule has 0 aromatic carbocycles. The van der Waals surface area contributed by atoms with Crippen LogP contribution < -0.4 is 9.44 Å². The van der Waals surface area contributed by atoms with E-state index in [1.54, 1.807) is 0 Å². The molecular formula is C7H16N2O4S. The highest BCUT2D eigenvalue weighted by Gasteiger charge is 2.30. The standard InChI is InChI=1S/C7H16N2O4S/c1-8-14(11,12)9-6-7(10)2-4-13-5-3-7/h8-10H,2-6H2,1H3. The quantitative estimate of drug-likeness (QED) is 0.547. The van der Waals surface area contributed by atoms with Crippen LogP contribution in [0.15, 0.2) is 0 Å². The van der Waals surface area contributed by atoms with E-state index < -0.39 is 15.8 Å². The lowest BCUT2D eigenvalue weighted by Gasteiger charge is -2.31. The molecule has 0 atom stereocenters. The van der Waals surface area contributed by atoms with Gasteiger partial charge in [-0.05, 0) is 0 Å². The van der Waals surface area contributed by atoms with Crippen molar-refractivity contribution in [3.8, 4) is 0 Å². The van der Waals surface area contributed by atoms with Crippen LogP contribution >= 0.6 is 0 Å². The monoisotopic (exact) mass is 224 g/mol. The molecule has 0 aromatic heterocycles. The van der Waals surface area contributed by atoms with Gasteiger partial charge in [-0.3, -0.25) is 0 Å². The van der Waals surface area contributed by atoms with E-state index in [0.29, 0.717) is 26.1 Å². The predicted molar refractivity (Wildman–Crippen MR) is 51.0 cm³/mol. The molecule has 0 saturated carbocycles. The Kier molecular flexibility index (Phi) is 3.85. The van der Waals surface area contributed by atoms with Crippen LogP contribution in [0, 0.1) is 0 Å². The van der Waals surface area contributed by atoms with Gasteiger partial charge in [-0.1, -0.05) is 0 Å². The van der Waals surface area contributed by atoms with Crippen molar-refractivity contribution >= 4 is 10.2 Å². The largest absolute Gasteiger partial charge is 0.388 e. The van der Waals surface area contributed by atoms with E-state index in [4.69, 9.17) is 4.74 Å². The van der Waals surface area contributed by atoms with Gasteiger partial charge < -0.3 is 9.84 Å². The average molecular weight is 224 g/mol. The molecule has 0 aliphatic carbocycles. The second kappa shape index (κ2) is 4.54. The first-order valence-corrected chi connectivity index (χ1v) is 5.94. The van der Waals surface area contributed by atoms with Crippen LogP contribution in [0.25, 0.3) is 0 Å². The Morgan fingerprint density at radius 3 is 2.50 bits per heavy atom. The van der Waals surface area contributed by atoms with Gasteiger partial charge in [0.05, 0.1) is 5.60 Å². The lowest BCUT2D eigenvalue weighted by molar-refractivity contribution is -0.0589. The normalized spacial score (nSPS) is 22.1. The van der Waals surface area contributed by atoms with Gasteiger partial charge in [-0.15, -0.1) is 0 Å². The van der Waals surface area contributed by atoms with E-state index in [-0.39, 0.29) is 6.54 Å². The molecule has 0 unspecified atom stereocenters. The van der Waals surface area contributed by atoms with E-state index in [1.807, 2.05) is 0 Å². The van der Waals surface area contributed by atoms with Crippen LogP contribution in [0.4, 0.5) is 0 Å². The van der Waals surface area contributed by atoms with Gasteiger partial charge in [0.1, 0.15) is 0 Å². The zero-order valence-corrected chi connectivity index (χ0v) is 8.93. The molecule has 6 nitrogen and oxygen atoms in total. The first-order chi connectivity index (χ1) is 6.47. The van der Waals surface area contributed by atoms with Crippen molar-refractivity contribution in [1.82, 2.24) is 9.44 Å². The molecule has 3 N–H and O–H groups in total. The summed E-state index contributed by atoms with van der Waals surface area (Å²) < 4.78 is 31.5. The Morgan fingerprint density at radius 2 is 2.00 bits per heavy atom. The Morgan fingerprint density at radius 1 is 1.43 bits per heavy atom. The number of hydrogen-bond acceptors (Lipinski definition) is 4. The highest BCUT2D eigenvalue weighted by Crippen LogP contribution is 2.19. The van der Waals surface area contributed by atoms with Gasteiger partial charge in [-0.25, -0.2) is 4.72 Å². The molecule has 1 saturated heterocycles. The second-order valence-electron chi connectivity index (χ2n) is 3.37. The average Bonchev–Trinajstić information content (AvgIpc) is 2.17. The summed E-state index contributed by atoms with van der Waals surface area (Å²) in [4.78, 5) is 0. The maximum Gasteiger partial charge on any atom is 0.276 e. The Balaban J connectivity index is 2.43. The molecule has 1 aliphatic rings. The van der Waals surface area contributed by atoms with Crippen LogP contribution in [0.2, 0.25) is 0 Å². The molecule has 0 bridgehead atoms. The fourth-order valence-electron chi connectivity index (χ4n) is 1.23. The number of rotatable bonds is 4. The molecule has 1 aliphatic heterocycles. The molecule has 14 heavy (non-hydrogen) atoms. The zero-order chi connectivity index (χ0) is 10.7. The molecule has 1 fully saturated rings. The van der Waals surface area contributed by atoms with Crippen molar-refractivity contribution in [2.24, 2.45) is 0 Å².